The van der Waals surface area contributed by atoms with E-state index in [1.54, 1.807) is 19.9 Å². The molecule has 1 aromatic rings. The molecule has 0 heterocycles. The second-order valence-corrected chi connectivity index (χ2v) is 6.42. The third-order valence-electron chi connectivity index (χ3n) is 3.88. The van der Waals surface area contributed by atoms with E-state index in [2.05, 4.69) is 5.32 Å². The van der Waals surface area contributed by atoms with Crippen molar-refractivity contribution in [3.8, 4) is 0 Å². The van der Waals surface area contributed by atoms with Gasteiger partial charge in [0.05, 0.1) is 35.2 Å². The SMILES string of the molecule is CCOC(=O)[C@H](C)Cc1ccc(Cl)c(NC(=O)[C@H](N)[C@@H](C)C(F)(F)F)c1. The molecular formula is C17H22ClF3N2O3. The van der Waals surface area contributed by atoms with Crippen molar-refractivity contribution in [2.45, 2.75) is 39.4 Å². The molecule has 3 atom stereocenters. The molecule has 146 valence electrons. The standard InChI is InChI=1S/C17H22ClF3N2O3/c1-4-26-16(25)9(2)7-11-5-6-12(18)13(8-11)23-15(24)14(22)10(3)17(19,20)21/h5-6,8-10,14H,4,7,22H2,1-3H3,(H,23,24)/t9-,10-,14-/m1/s1. The number of anilines is 1. The quantitative estimate of drug-likeness (QED) is 0.693. The molecular weight excluding hydrogens is 373 g/mol. The highest BCUT2D eigenvalue weighted by molar-refractivity contribution is 6.33. The summed E-state index contributed by atoms with van der Waals surface area (Å²) in [5.74, 6) is -3.79. The number of esters is 1. The third kappa shape index (κ3) is 6.17. The van der Waals surface area contributed by atoms with Gasteiger partial charge in [-0.25, -0.2) is 0 Å². The van der Waals surface area contributed by atoms with E-state index in [4.69, 9.17) is 22.1 Å². The molecule has 9 heteroatoms. The Kier molecular flexibility index (Phi) is 7.89. The van der Waals surface area contributed by atoms with Crippen LogP contribution in [-0.4, -0.2) is 30.7 Å². The Morgan fingerprint density at radius 2 is 1.92 bits per heavy atom. The van der Waals surface area contributed by atoms with Crippen LogP contribution in [0.5, 0.6) is 0 Å². The van der Waals surface area contributed by atoms with E-state index in [0.29, 0.717) is 12.0 Å². The molecule has 0 unspecified atom stereocenters. The summed E-state index contributed by atoms with van der Waals surface area (Å²) in [6.07, 6.45) is -4.26. The van der Waals surface area contributed by atoms with Crippen molar-refractivity contribution in [3.05, 3.63) is 28.8 Å². The highest BCUT2D eigenvalue weighted by atomic mass is 35.5. The van der Waals surface area contributed by atoms with E-state index in [0.717, 1.165) is 6.92 Å². The third-order valence-corrected chi connectivity index (χ3v) is 4.21. The lowest BCUT2D eigenvalue weighted by Crippen LogP contribution is -2.46. The highest BCUT2D eigenvalue weighted by Gasteiger charge is 2.42. The molecule has 26 heavy (non-hydrogen) atoms. The van der Waals surface area contributed by atoms with Crippen molar-refractivity contribution in [2.24, 2.45) is 17.6 Å². The fraction of sp³-hybridized carbons (Fsp3) is 0.529. The van der Waals surface area contributed by atoms with Gasteiger partial charge >= 0.3 is 12.1 Å². The van der Waals surface area contributed by atoms with Crippen LogP contribution in [0.25, 0.3) is 0 Å². The lowest BCUT2D eigenvalue weighted by molar-refractivity contribution is -0.176. The zero-order valence-corrected chi connectivity index (χ0v) is 15.4. The molecule has 0 saturated carbocycles. The first-order chi connectivity index (χ1) is 12.0. The van der Waals surface area contributed by atoms with Crippen molar-refractivity contribution in [3.63, 3.8) is 0 Å². The summed E-state index contributed by atoms with van der Waals surface area (Å²) in [4.78, 5) is 23.7. The van der Waals surface area contributed by atoms with Gasteiger partial charge in [0.25, 0.3) is 0 Å². The molecule has 0 spiro atoms. The number of carbonyl (C=O) groups is 2. The van der Waals surface area contributed by atoms with Gasteiger partial charge in [-0.2, -0.15) is 13.2 Å². The van der Waals surface area contributed by atoms with Gasteiger partial charge in [0.2, 0.25) is 5.91 Å². The van der Waals surface area contributed by atoms with Gasteiger partial charge in [0.1, 0.15) is 0 Å². The van der Waals surface area contributed by atoms with E-state index >= 15 is 0 Å². The Morgan fingerprint density at radius 1 is 1.31 bits per heavy atom. The predicted octanol–water partition coefficient (Wildman–Crippen LogP) is 3.55. The summed E-state index contributed by atoms with van der Waals surface area (Å²) in [7, 11) is 0. The van der Waals surface area contributed by atoms with E-state index < -0.39 is 30.0 Å². The van der Waals surface area contributed by atoms with E-state index in [-0.39, 0.29) is 23.3 Å². The van der Waals surface area contributed by atoms with Crippen molar-refractivity contribution in [1.29, 1.82) is 0 Å². The van der Waals surface area contributed by atoms with Gasteiger partial charge in [0.15, 0.2) is 0 Å². The zero-order valence-electron chi connectivity index (χ0n) is 14.7. The van der Waals surface area contributed by atoms with Gasteiger partial charge in [-0.05, 0) is 31.0 Å². The maximum absolute atomic E-state index is 12.7. The summed E-state index contributed by atoms with van der Waals surface area (Å²) in [6, 6.07) is 2.88. The fourth-order valence-corrected chi connectivity index (χ4v) is 2.33. The number of hydrogen-bond acceptors (Lipinski definition) is 4. The zero-order chi connectivity index (χ0) is 20.1. The largest absolute Gasteiger partial charge is 0.466 e. The van der Waals surface area contributed by atoms with Crippen LogP contribution in [0.15, 0.2) is 18.2 Å². The van der Waals surface area contributed by atoms with Crippen LogP contribution in [-0.2, 0) is 20.7 Å². The topological polar surface area (TPSA) is 81.4 Å². The van der Waals surface area contributed by atoms with Crippen LogP contribution < -0.4 is 11.1 Å². The average molecular weight is 395 g/mol. The molecule has 0 aliphatic carbocycles. The fourth-order valence-electron chi connectivity index (χ4n) is 2.16. The summed E-state index contributed by atoms with van der Waals surface area (Å²) in [5.41, 5.74) is 6.20. The lowest BCUT2D eigenvalue weighted by Gasteiger charge is -2.22. The average Bonchev–Trinajstić information content (AvgIpc) is 2.55. The Morgan fingerprint density at radius 3 is 2.46 bits per heavy atom. The number of benzene rings is 1. The molecule has 3 N–H and O–H groups in total. The van der Waals surface area contributed by atoms with E-state index in [1.165, 1.54) is 12.1 Å². The van der Waals surface area contributed by atoms with Crippen LogP contribution in [0.3, 0.4) is 0 Å². The number of halogens is 4. The minimum Gasteiger partial charge on any atom is -0.466 e. The Labute approximate surface area is 155 Å². The molecule has 5 nitrogen and oxygen atoms in total. The molecule has 0 saturated heterocycles. The van der Waals surface area contributed by atoms with Crippen LogP contribution in [0.1, 0.15) is 26.3 Å². The molecule has 0 aliphatic rings. The summed E-state index contributed by atoms with van der Waals surface area (Å²) >= 11 is 5.99. The number of ether oxygens (including phenoxy) is 1. The second kappa shape index (κ2) is 9.23. The Balaban J connectivity index is 2.87. The number of rotatable bonds is 7. The molecule has 0 bridgehead atoms. The first-order valence-corrected chi connectivity index (χ1v) is 8.43. The first-order valence-electron chi connectivity index (χ1n) is 8.05. The highest BCUT2D eigenvalue weighted by Crippen LogP contribution is 2.29. The van der Waals surface area contributed by atoms with Crippen LogP contribution in [0, 0.1) is 11.8 Å². The normalized spacial score (nSPS) is 15.1. The Hall–Kier alpha value is -1.80. The number of alkyl halides is 3. The number of nitrogens with one attached hydrogen (secondary N) is 1. The van der Waals surface area contributed by atoms with Crippen LogP contribution in [0.2, 0.25) is 5.02 Å². The van der Waals surface area contributed by atoms with E-state index in [9.17, 15) is 22.8 Å². The second-order valence-electron chi connectivity index (χ2n) is 6.02. The molecule has 1 amide bonds. The maximum Gasteiger partial charge on any atom is 0.393 e. The number of hydrogen-bond donors (Lipinski definition) is 2. The van der Waals surface area contributed by atoms with Gasteiger partial charge in [0, 0.05) is 0 Å². The number of amides is 1. The molecule has 0 fully saturated rings. The van der Waals surface area contributed by atoms with Crippen molar-refractivity contribution < 1.29 is 27.5 Å². The molecule has 0 aliphatic heterocycles. The number of carbonyl (C=O) groups excluding carboxylic acids is 2. The van der Waals surface area contributed by atoms with Gasteiger partial charge in [-0.3, -0.25) is 9.59 Å². The van der Waals surface area contributed by atoms with Crippen molar-refractivity contribution >= 4 is 29.2 Å². The maximum atomic E-state index is 12.7. The summed E-state index contributed by atoms with van der Waals surface area (Å²) in [5, 5.41) is 2.47. The molecule has 1 rings (SSSR count). The van der Waals surface area contributed by atoms with Crippen LogP contribution in [0.4, 0.5) is 18.9 Å². The first kappa shape index (κ1) is 22.2. The summed E-state index contributed by atoms with van der Waals surface area (Å²) in [6.45, 7) is 4.49. The Bertz CT molecular complexity index is 653. The predicted molar refractivity (Wildman–Crippen MR) is 92.8 cm³/mol. The van der Waals surface area contributed by atoms with Gasteiger partial charge in [-0.1, -0.05) is 31.5 Å². The van der Waals surface area contributed by atoms with Crippen molar-refractivity contribution in [2.75, 3.05) is 11.9 Å². The monoisotopic (exact) mass is 394 g/mol. The minimum absolute atomic E-state index is 0.134. The number of nitrogens with two attached hydrogens (primary N) is 1. The van der Waals surface area contributed by atoms with Crippen molar-refractivity contribution in [1.82, 2.24) is 0 Å². The minimum atomic E-state index is -4.59. The van der Waals surface area contributed by atoms with Gasteiger partial charge in [-0.15, -0.1) is 0 Å². The smallest absolute Gasteiger partial charge is 0.393 e. The van der Waals surface area contributed by atoms with Gasteiger partial charge < -0.3 is 15.8 Å². The van der Waals surface area contributed by atoms with Crippen LogP contribution >= 0.6 is 11.6 Å². The molecule has 0 aromatic heterocycles. The molecule has 0 radical (unpaired) electrons. The summed E-state index contributed by atoms with van der Waals surface area (Å²) < 4.78 is 43.0. The van der Waals surface area contributed by atoms with E-state index in [1.807, 2.05) is 0 Å². The molecule has 1 aromatic carbocycles. The lowest BCUT2D eigenvalue weighted by atomic mass is 10.00.